The molecule has 0 aromatic rings. The van der Waals surface area contributed by atoms with Gasteiger partial charge in [0, 0.05) is 5.41 Å². The topological polar surface area (TPSA) is 69.9 Å². The van der Waals surface area contributed by atoms with Crippen molar-refractivity contribution in [1.29, 1.82) is 0 Å². The minimum Gasteiger partial charge on any atom is -0.394 e. The summed E-state index contributed by atoms with van der Waals surface area (Å²) in [6.07, 6.45) is -1.28. The minimum atomic E-state index is -0.836. The summed E-state index contributed by atoms with van der Waals surface area (Å²) in [6.45, 7) is 7.91. The molecule has 0 amide bonds. The van der Waals surface area contributed by atoms with Crippen molar-refractivity contribution in [2.75, 3.05) is 19.8 Å². The average molecular weight is 220 g/mol. The number of hydrogen-bond donors (Lipinski definition) is 3. The van der Waals surface area contributed by atoms with E-state index in [9.17, 15) is 5.11 Å². The third-order valence-corrected chi connectivity index (χ3v) is 2.43. The molecule has 0 aromatic carbocycles. The molecule has 92 valence electrons. The Bertz CT molecular complexity index is 168. The van der Waals surface area contributed by atoms with Crippen LogP contribution < -0.4 is 0 Å². The number of hydrogen-bond acceptors (Lipinski definition) is 4. The van der Waals surface area contributed by atoms with Gasteiger partial charge in [0.1, 0.15) is 6.10 Å². The van der Waals surface area contributed by atoms with Crippen molar-refractivity contribution >= 4 is 0 Å². The van der Waals surface area contributed by atoms with Crippen LogP contribution >= 0.6 is 0 Å². The fourth-order valence-corrected chi connectivity index (χ4v) is 1.50. The summed E-state index contributed by atoms with van der Waals surface area (Å²) in [7, 11) is 0. The van der Waals surface area contributed by atoms with E-state index in [2.05, 4.69) is 0 Å². The normalized spacial score (nSPS) is 16.8. The summed E-state index contributed by atoms with van der Waals surface area (Å²) in [4.78, 5) is 0. The molecule has 0 radical (unpaired) electrons. The van der Waals surface area contributed by atoms with E-state index in [0.717, 1.165) is 0 Å². The molecule has 15 heavy (non-hydrogen) atoms. The van der Waals surface area contributed by atoms with Gasteiger partial charge in [0.2, 0.25) is 0 Å². The molecular formula is C11H24O4. The second-order valence-electron chi connectivity index (χ2n) is 5.03. The zero-order valence-electron chi connectivity index (χ0n) is 10.1. The van der Waals surface area contributed by atoms with Gasteiger partial charge in [-0.3, -0.25) is 0 Å². The smallest absolute Gasteiger partial charge is 0.100 e. The first-order valence-corrected chi connectivity index (χ1v) is 5.36. The maximum Gasteiger partial charge on any atom is 0.100 e. The molecule has 0 spiro atoms. The van der Waals surface area contributed by atoms with Gasteiger partial charge < -0.3 is 20.1 Å². The van der Waals surface area contributed by atoms with E-state index >= 15 is 0 Å². The fraction of sp³-hybridized carbons (Fsp3) is 1.00. The van der Waals surface area contributed by atoms with Crippen LogP contribution in [0.5, 0.6) is 0 Å². The Morgan fingerprint density at radius 1 is 1.20 bits per heavy atom. The molecule has 0 aromatic heterocycles. The van der Waals surface area contributed by atoms with E-state index in [1.54, 1.807) is 0 Å². The van der Waals surface area contributed by atoms with Gasteiger partial charge in [-0.1, -0.05) is 27.7 Å². The number of aliphatic hydroxyl groups is 3. The summed E-state index contributed by atoms with van der Waals surface area (Å²) < 4.78 is 5.25. The van der Waals surface area contributed by atoms with Crippen LogP contribution in [-0.2, 0) is 4.74 Å². The van der Waals surface area contributed by atoms with Gasteiger partial charge in [-0.05, 0) is 5.92 Å². The Balaban J connectivity index is 3.93. The van der Waals surface area contributed by atoms with E-state index in [0.29, 0.717) is 6.61 Å². The summed E-state index contributed by atoms with van der Waals surface area (Å²) in [5, 5.41) is 27.5. The quantitative estimate of drug-likeness (QED) is 0.581. The minimum absolute atomic E-state index is 0.102. The summed E-state index contributed by atoms with van der Waals surface area (Å²) >= 11 is 0. The van der Waals surface area contributed by atoms with E-state index in [-0.39, 0.29) is 24.5 Å². The van der Waals surface area contributed by atoms with E-state index in [1.807, 2.05) is 27.7 Å². The van der Waals surface area contributed by atoms with Crippen LogP contribution in [0.25, 0.3) is 0 Å². The largest absolute Gasteiger partial charge is 0.394 e. The predicted molar refractivity (Wildman–Crippen MR) is 58.5 cm³/mol. The third-order valence-electron chi connectivity index (χ3n) is 2.43. The monoisotopic (exact) mass is 220 g/mol. The van der Waals surface area contributed by atoms with Crippen molar-refractivity contribution < 1.29 is 20.1 Å². The molecule has 2 unspecified atom stereocenters. The molecule has 0 aliphatic carbocycles. The first-order chi connectivity index (χ1) is 6.81. The summed E-state index contributed by atoms with van der Waals surface area (Å²) in [5.41, 5.74) is -0.344. The zero-order valence-corrected chi connectivity index (χ0v) is 10.1. The molecule has 3 N–H and O–H groups in total. The summed E-state index contributed by atoms with van der Waals surface area (Å²) in [5.74, 6) is 0.173. The van der Waals surface area contributed by atoms with E-state index in [1.165, 1.54) is 0 Å². The van der Waals surface area contributed by atoms with Crippen molar-refractivity contribution in [1.82, 2.24) is 0 Å². The molecule has 0 bridgehead atoms. The van der Waals surface area contributed by atoms with Crippen molar-refractivity contribution in [3.63, 3.8) is 0 Å². The molecule has 0 saturated carbocycles. The Morgan fingerprint density at radius 2 is 1.73 bits per heavy atom. The summed E-state index contributed by atoms with van der Waals surface area (Å²) in [6, 6.07) is 0. The van der Waals surface area contributed by atoms with E-state index < -0.39 is 12.2 Å². The lowest BCUT2D eigenvalue weighted by atomic mass is 9.81. The van der Waals surface area contributed by atoms with Crippen LogP contribution in [0.4, 0.5) is 0 Å². The van der Waals surface area contributed by atoms with Gasteiger partial charge in [0.25, 0.3) is 0 Å². The number of rotatable bonds is 7. The molecule has 0 aliphatic heterocycles. The second-order valence-corrected chi connectivity index (χ2v) is 5.03. The number of ether oxygens (including phenoxy) is 1. The Labute approximate surface area is 91.9 Å². The maximum absolute atomic E-state index is 9.88. The highest BCUT2D eigenvalue weighted by atomic mass is 16.5. The SMILES string of the molecule is CC(C)C(O)C(C)(C)COCC(O)CO. The van der Waals surface area contributed by atoms with Crippen LogP contribution in [0.15, 0.2) is 0 Å². The molecule has 0 saturated heterocycles. The zero-order chi connectivity index (χ0) is 12.1. The van der Waals surface area contributed by atoms with Gasteiger partial charge >= 0.3 is 0 Å². The molecule has 0 fully saturated rings. The lowest BCUT2D eigenvalue weighted by Crippen LogP contribution is -2.38. The standard InChI is InChI=1S/C11H24O4/c1-8(2)10(14)11(3,4)7-15-6-9(13)5-12/h8-10,12-14H,5-7H2,1-4H3. The Hall–Kier alpha value is -0.160. The van der Waals surface area contributed by atoms with Gasteiger partial charge in [-0.15, -0.1) is 0 Å². The van der Waals surface area contributed by atoms with E-state index in [4.69, 9.17) is 14.9 Å². The highest BCUT2D eigenvalue weighted by Crippen LogP contribution is 2.26. The molecule has 0 heterocycles. The van der Waals surface area contributed by atoms with Crippen LogP contribution in [0.1, 0.15) is 27.7 Å². The lowest BCUT2D eigenvalue weighted by molar-refractivity contribution is -0.0674. The van der Waals surface area contributed by atoms with Crippen LogP contribution in [-0.4, -0.2) is 47.3 Å². The maximum atomic E-state index is 9.88. The first kappa shape index (κ1) is 14.8. The molecule has 4 heteroatoms. The Morgan fingerprint density at radius 3 is 2.13 bits per heavy atom. The highest BCUT2D eigenvalue weighted by Gasteiger charge is 2.30. The van der Waals surface area contributed by atoms with Crippen LogP contribution in [0.2, 0.25) is 0 Å². The van der Waals surface area contributed by atoms with Crippen molar-refractivity contribution in [3.05, 3.63) is 0 Å². The van der Waals surface area contributed by atoms with Crippen molar-refractivity contribution in [2.45, 2.75) is 39.9 Å². The van der Waals surface area contributed by atoms with Crippen molar-refractivity contribution in [2.24, 2.45) is 11.3 Å². The predicted octanol–water partition coefficient (Wildman–Crippen LogP) is 0.399. The fourth-order valence-electron chi connectivity index (χ4n) is 1.50. The lowest BCUT2D eigenvalue weighted by Gasteiger charge is -2.33. The van der Waals surface area contributed by atoms with Crippen LogP contribution in [0.3, 0.4) is 0 Å². The van der Waals surface area contributed by atoms with Gasteiger partial charge in [0.15, 0.2) is 0 Å². The van der Waals surface area contributed by atoms with Gasteiger partial charge in [0.05, 0.1) is 25.9 Å². The molecule has 0 rings (SSSR count). The van der Waals surface area contributed by atoms with Crippen LogP contribution in [0, 0.1) is 11.3 Å². The highest BCUT2D eigenvalue weighted by molar-refractivity contribution is 4.79. The molecule has 0 aliphatic rings. The molecular weight excluding hydrogens is 196 g/mol. The number of aliphatic hydroxyl groups excluding tert-OH is 3. The molecule has 4 nitrogen and oxygen atoms in total. The van der Waals surface area contributed by atoms with Crippen molar-refractivity contribution in [3.8, 4) is 0 Å². The average Bonchev–Trinajstić information content (AvgIpc) is 2.15. The molecule has 2 atom stereocenters. The van der Waals surface area contributed by atoms with Gasteiger partial charge in [-0.25, -0.2) is 0 Å². The van der Waals surface area contributed by atoms with Gasteiger partial charge in [-0.2, -0.15) is 0 Å². The third kappa shape index (κ3) is 5.47. The Kier molecular flexibility index (Phi) is 6.36. The first-order valence-electron chi connectivity index (χ1n) is 5.36. The second kappa shape index (κ2) is 6.43.